The van der Waals surface area contributed by atoms with E-state index in [0.29, 0.717) is 17.2 Å². The Hall–Kier alpha value is -2.34. The standard InChI is InChI=1S/C20H21F3N2O/c1-13(15-3-2-4-17(11-15)20(21,22)23)19(26)25-18-7-5-14(6-8-18)16-9-10-24-12-16/h2-8,11,13,16,24H,9-10,12H2,1H3,(H,25,26). The summed E-state index contributed by atoms with van der Waals surface area (Å²) >= 11 is 0. The van der Waals surface area contributed by atoms with Gasteiger partial charge in [0.15, 0.2) is 0 Å². The van der Waals surface area contributed by atoms with Gasteiger partial charge >= 0.3 is 6.18 Å². The molecule has 1 aliphatic heterocycles. The number of alkyl halides is 3. The lowest BCUT2D eigenvalue weighted by molar-refractivity contribution is -0.137. The summed E-state index contributed by atoms with van der Waals surface area (Å²) in [5.74, 6) is -0.528. The van der Waals surface area contributed by atoms with Crippen LogP contribution in [0.2, 0.25) is 0 Å². The normalized spacial score (nSPS) is 18.5. The zero-order valence-corrected chi connectivity index (χ0v) is 14.4. The molecule has 1 amide bonds. The summed E-state index contributed by atoms with van der Waals surface area (Å²) in [5.41, 5.74) is 1.46. The Morgan fingerprint density at radius 1 is 1.19 bits per heavy atom. The molecule has 0 aliphatic carbocycles. The summed E-state index contributed by atoms with van der Waals surface area (Å²) in [7, 11) is 0. The maximum atomic E-state index is 12.8. The first-order valence-corrected chi connectivity index (χ1v) is 8.63. The quantitative estimate of drug-likeness (QED) is 0.839. The van der Waals surface area contributed by atoms with Gasteiger partial charge in [0.05, 0.1) is 11.5 Å². The van der Waals surface area contributed by atoms with Crippen molar-refractivity contribution in [1.82, 2.24) is 5.32 Å². The molecule has 2 aromatic rings. The lowest BCUT2D eigenvalue weighted by Crippen LogP contribution is -2.19. The fourth-order valence-corrected chi connectivity index (χ4v) is 3.16. The molecule has 1 aliphatic rings. The van der Waals surface area contributed by atoms with Gasteiger partial charge in [0.25, 0.3) is 0 Å². The molecular weight excluding hydrogens is 341 g/mol. The van der Waals surface area contributed by atoms with Gasteiger partial charge in [-0.15, -0.1) is 0 Å². The van der Waals surface area contributed by atoms with Gasteiger partial charge in [-0.25, -0.2) is 0 Å². The number of amides is 1. The van der Waals surface area contributed by atoms with E-state index in [1.54, 1.807) is 6.92 Å². The Labute approximate surface area is 150 Å². The Morgan fingerprint density at radius 2 is 1.92 bits per heavy atom. The highest BCUT2D eigenvalue weighted by Gasteiger charge is 2.31. The third-order valence-corrected chi connectivity index (χ3v) is 4.82. The van der Waals surface area contributed by atoms with Crippen molar-refractivity contribution in [2.24, 2.45) is 0 Å². The molecule has 1 fully saturated rings. The SMILES string of the molecule is CC(C(=O)Nc1ccc(C2CCNC2)cc1)c1cccc(C(F)(F)F)c1. The summed E-state index contributed by atoms with van der Waals surface area (Å²) in [6, 6.07) is 12.5. The monoisotopic (exact) mass is 362 g/mol. The van der Waals surface area contributed by atoms with Crippen LogP contribution in [-0.2, 0) is 11.0 Å². The Balaban J connectivity index is 1.67. The van der Waals surface area contributed by atoms with Gasteiger partial charge in [-0.3, -0.25) is 4.79 Å². The van der Waals surface area contributed by atoms with Crippen LogP contribution >= 0.6 is 0 Å². The van der Waals surface area contributed by atoms with Crippen LogP contribution in [0.3, 0.4) is 0 Å². The van der Waals surface area contributed by atoms with Gasteiger partial charge in [0, 0.05) is 12.2 Å². The molecule has 2 aromatic carbocycles. The molecule has 0 aromatic heterocycles. The summed E-state index contributed by atoms with van der Waals surface area (Å²) in [6.07, 6.45) is -3.32. The Kier molecular flexibility index (Phi) is 5.32. The average Bonchev–Trinajstić information content (AvgIpc) is 3.16. The number of anilines is 1. The summed E-state index contributed by atoms with van der Waals surface area (Å²) in [4.78, 5) is 12.4. The second kappa shape index (κ2) is 7.50. The minimum Gasteiger partial charge on any atom is -0.326 e. The number of hydrogen-bond acceptors (Lipinski definition) is 2. The molecular formula is C20H21F3N2O. The van der Waals surface area contributed by atoms with E-state index < -0.39 is 17.7 Å². The molecule has 138 valence electrons. The number of benzene rings is 2. The Morgan fingerprint density at radius 3 is 2.54 bits per heavy atom. The predicted molar refractivity (Wildman–Crippen MR) is 95.2 cm³/mol. The van der Waals surface area contributed by atoms with E-state index in [2.05, 4.69) is 10.6 Å². The van der Waals surface area contributed by atoms with Crippen LogP contribution in [0, 0.1) is 0 Å². The second-order valence-corrected chi connectivity index (χ2v) is 6.65. The molecule has 2 N–H and O–H groups in total. The highest BCUT2D eigenvalue weighted by atomic mass is 19.4. The van der Waals surface area contributed by atoms with Crippen molar-refractivity contribution in [3.63, 3.8) is 0 Å². The van der Waals surface area contributed by atoms with Gasteiger partial charge in [0.1, 0.15) is 0 Å². The molecule has 3 rings (SSSR count). The van der Waals surface area contributed by atoms with Crippen molar-refractivity contribution in [1.29, 1.82) is 0 Å². The number of carbonyl (C=O) groups is 1. The topological polar surface area (TPSA) is 41.1 Å². The molecule has 1 saturated heterocycles. The van der Waals surface area contributed by atoms with Crippen molar-refractivity contribution < 1.29 is 18.0 Å². The van der Waals surface area contributed by atoms with Crippen molar-refractivity contribution >= 4 is 11.6 Å². The van der Waals surface area contributed by atoms with Crippen LogP contribution in [0.5, 0.6) is 0 Å². The molecule has 2 atom stereocenters. The Bertz CT molecular complexity index is 765. The van der Waals surface area contributed by atoms with E-state index in [0.717, 1.165) is 31.6 Å². The number of halogens is 3. The average molecular weight is 362 g/mol. The molecule has 6 heteroatoms. The molecule has 3 nitrogen and oxygen atoms in total. The second-order valence-electron chi connectivity index (χ2n) is 6.65. The maximum Gasteiger partial charge on any atom is 0.416 e. The fraction of sp³-hybridized carbons (Fsp3) is 0.350. The van der Waals surface area contributed by atoms with Gasteiger partial charge in [0.2, 0.25) is 5.91 Å². The van der Waals surface area contributed by atoms with Crippen LogP contribution in [0.15, 0.2) is 48.5 Å². The number of hydrogen-bond donors (Lipinski definition) is 2. The van der Waals surface area contributed by atoms with Gasteiger partial charge in [-0.05, 0) is 55.1 Å². The van der Waals surface area contributed by atoms with E-state index in [-0.39, 0.29) is 5.91 Å². The third kappa shape index (κ3) is 4.25. The van der Waals surface area contributed by atoms with Crippen LogP contribution in [0.25, 0.3) is 0 Å². The minimum atomic E-state index is -4.42. The molecule has 1 heterocycles. The highest BCUT2D eigenvalue weighted by Crippen LogP contribution is 2.31. The first-order chi connectivity index (χ1) is 12.3. The predicted octanol–water partition coefficient (Wildman–Crippen LogP) is 4.52. The highest BCUT2D eigenvalue weighted by molar-refractivity contribution is 5.95. The van der Waals surface area contributed by atoms with Crippen molar-refractivity contribution in [3.8, 4) is 0 Å². The molecule has 0 saturated carbocycles. The van der Waals surface area contributed by atoms with Crippen LogP contribution < -0.4 is 10.6 Å². The van der Waals surface area contributed by atoms with Gasteiger partial charge in [-0.1, -0.05) is 30.3 Å². The summed E-state index contributed by atoms with van der Waals surface area (Å²) in [6.45, 7) is 3.57. The first kappa shape index (κ1) is 18.5. The fourth-order valence-electron chi connectivity index (χ4n) is 3.16. The van der Waals surface area contributed by atoms with Crippen molar-refractivity contribution in [3.05, 3.63) is 65.2 Å². The zero-order valence-electron chi connectivity index (χ0n) is 14.4. The molecule has 2 unspecified atom stereocenters. The van der Waals surface area contributed by atoms with Crippen molar-refractivity contribution in [2.45, 2.75) is 31.4 Å². The largest absolute Gasteiger partial charge is 0.416 e. The minimum absolute atomic E-state index is 0.334. The first-order valence-electron chi connectivity index (χ1n) is 8.63. The number of carbonyl (C=O) groups excluding carboxylic acids is 1. The van der Waals surface area contributed by atoms with E-state index in [9.17, 15) is 18.0 Å². The molecule has 26 heavy (non-hydrogen) atoms. The molecule has 0 bridgehead atoms. The van der Waals surface area contributed by atoms with Gasteiger partial charge < -0.3 is 10.6 Å². The lowest BCUT2D eigenvalue weighted by atomic mass is 9.97. The molecule has 0 spiro atoms. The van der Waals surface area contributed by atoms with E-state index in [1.807, 2.05) is 24.3 Å². The summed E-state index contributed by atoms with van der Waals surface area (Å²) in [5, 5.41) is 6.10. The van der Waals surface area contributed by atoms with E-state index in [1.165, 1.54) is 17.7 Å². The van der Waals surface area contributed by atoms with Crippen LogP contribution in [0.1, 0.15) is 41.9 Å². The van der Waals surface area contributed by atoms with E-state index in [4.69, 9.17) is 0 Å². The van der Waals surface area contributed by atoms with Gasteiger partial charge in [-0.2, -0.15) is 13.2 Å². The smallest absolute Gasteiger partial charge is 0.326 e. The molecule has 0 radical (unpaired) electrons. The van der Waals surface area contributed by atoms with Crippen LogP contribution in [0.4, 0.5) is 18.9 Å². The van der Waals surface area contributed by atoms with Crippen LogP contribution in [-0.4, -0.2) is 19.0 Å². The van der Waals surface area contributed by atoms with E-state index >= 15 is 0 Å². The van der Waals surface area contributed by atoms with Crippen molar-refractivity contribution in [2.75, 3.05) is 18.4 Å². The number of nitrogens with one attached hydrogen (secondary N) is 2. The third-order valence-electron chi connectivity index (χ3n) is 4.82. The lowest BCUT2D eigenvalue weighted by Gasteiger charge is -2.15. The summed E-state index contributed by atoms with van der Waals surface area (Å²) < 4.78 is 38.5. The zero-order chi connectivity index (χ0) is 18.7. The maximum absolute atomic E-state index is 12.8. The number of rotatable bonds is 4.